The Bertz CT molecular complexity index is 1010. The zero-order chi connectivity index (χ0) is 21.8. The van der Waals surface area contributed by atoms with E-state index in [1.54, 1.807) is 42.5 Å². The lowest BCUT2D eigenvalue weighted by molar-refractivity contribution is -0.143. The molecular formula is C25H25FN2O3. The Morgan fingerprint density at radius 3 is 2.35 bits per heavy atom. The summed E-state index contributed by atoms with van der Waals surface area (Å²) in [4.78, 5) is 15.8. The molecule has 31 heavy (non-hydrogen) atoms. The number of rotatable bonds is 6. The van der Waals surface area contributed by atoms with Crippen molar-refractivity contribution >= 4 is 11.8 Å². The largest absolute Gasteiger partial charge is 0.507 e. The molecule has 6 heteroatoms. The number of hydrogen-bond acceptors (Lipinski definition) is 4. The van der Waals surface area contributed by atoms with Crippen molar-refractivity contribution in [1.29, 1.82) is 0 Å². The Hall–Kier alpha value is -3.41. The Kier molecular flexibility index (Phi) is 6.16. The van der Waals surface area contributed by atoms with Gasteiger partial charge in [-0.25, -0.2) is 9.37 Å². The zero-order valence-corrected chi connectivity index (χ0v) is 17.1. The second-order valence-electron chi connectivity index (χ2n) is 8.06. The highest BCUT2D eigenvalue weighted by Gasteiger charge is 2.25. The van der Waals surface area contributed by atoms with Crippen LogP contribution in [0.2, 0.25) is 0 Å². The molecule has 0 saturated heterocycles. The van der Waals surface area contributed by atoms with E-state index < -0.39 is 5.97 Å². The van der Waals surface area contributed by atoms with Gasteiger partial charge < -0.3 is 15.5 Å². The van der Waals surface area contributed by atoms with E-state index >= 15 is 0 Å². The van der Waals surface area contributed by atoms with Crippen LogP contribution in [0.1, 0.15) is 25.7 Å². The van der Waals surface area contributed by atoms with Gasteiger partial charge in [-0.2, -0.15) is 0 Å². The van der Waals surface area contributed by atoms with Crippen molar-refractivity contribution in [3.8, 4) is 28.1 Å². The van der Waals surface area contributed by atoms with Gasteiger partial charge in [0.15, 0.2) is 0 Å². The van der Waals surface area contributed by atoms with E-state index in [2.05, 4.69) is 10.3 Å². The summed E-state index contributed by atoms with van der Waals surface area (Å²) >= 11 is 0. The monoisotopic (exact) mass is 420 g/mol. The molecule has 0 atom stereocenters. The maximum atomic E-state index is 14.5. The number of phenolic OH excluding ortho intramolecular Hbond substituents is 1. The van der Waals surface area contributed by atoms with E-state index in [1.165, 1.54) is 6.07 Å². The van der Waals surface area contributed by atoms with Crippen LogP contribution in [0.3, 0.4) is 0 Å². The van der Waals surface area contributed by atoms with Crippen molar-refractivity contribution in [3.05, 3.63) is 66.5 Å². The summed E-state index contributed by atoms with van der Waals surface area (Å²) in [5.74, 6) is -0.208. The van der Waals surface area contributed by atoms with Gasteiger partial charge in [-0.3, -0.25) is 4.79 Å². The van der Waals surface area contributed by atoms with Crippen LogP contribution in [0, 0.1) is 17.7 Å². The summed E-state index contributed by atoms with van der Waals surface area (Å²) in [6.45, 7) is 0.667. The second kappa shape index (κ2) is 9.16. The van der Waals surface area contributed by atoms with Crippen molar-refractivity contribution in [2.24, 2.45) is 11.8 Å². The lowest BCUT2D eigenvalue weighted by Crippen LogP contribution is -2.25. The van der Waals surface area contributed by atoms with Gasteiger partial charge in [0.25, 0.3) is 0 Å². The molecule has 2 aromatic carbocycles. The second-order valence-corrected chi connectivity index (χ2v) is 8.06. The number of benzene rings is 2. The molecule has 0 spiro atoms. The maximum Gasteiger partial charge on any atom is 0.306 e. The van der Waals surface area contributed by atoms with Gasteiger partial charge in [-0.15, -0.1) is 0 Å². The first-order valence-corrected chi connectivity index (χ1v) is 10.5. The highest BCUT2D eigenvalue weighted by molar-refractivity contribution is 5.76. The van der Waals surface area contributed by atoms with Crippen molar-refractivity contribution < 1.29 is 19.4 Å². The molecular weight excluding hydrogens is 395 g/mol. The quantitative estimate of drug-likeness (QED) is 0.486. The maximum absolute atomic E-state index is 14.5. The molecule has 5 nitrogen and oxygen atoms in total. The van der Waals surface area contributed by atoms with Crippen LogP contribution in [0.5, 0.6) is 5.75 Å². The van der Waals surface area contributed by atoms with Crippen molar-refractivity contribution in [1.82, 2.24) is 4.98 Å². The first kappa shape index (κ1) is 20.8. The first-order valence-electron chi connectivity index (χ1n) is 10.5. The fourth-order valence-corrected chi connectivity index (χ4v) is 4.16. The number of nitrogens with zero attached hydrogens (tertiary/aromatic N) is 1. The number of aliphatic carboxylic acids is 1. The number of carboxylic acids is 1. The third kappa shape index (κ3) is 4.85. The summed E-state index contributed by atoms with van der Waals surface area (Å²) in [6, 6.07) is 17.1. The van der Waals surface area contributed by atoms with E-state index in [9.17, 15) is 19.4 Å². The molecule has 160 valence electrons. The molecule has 1 heterocycles. The molecule has 0 unspecified atom stereocenters. The van der Waals surface area contributed by atoms with Crippen molar-refractivity contribution in [3.63, 3.8) is 0 Å². The first-order chi connectivity index (χ1) is 15.0. The van der Waals surface area contributed by atoms with E-state index in [-0.39, 0.29) is 17.5 Å². The number of carbonyl (C=O) groups is 1. The summed E-state index contributed by atoms with van der Waals surface area (Å²) in [5, 5.41) is 22.8. The van der Waals surface area contributed by atoms with Crippen molar-refractivity contribution in [2.45, 2.75) is 25.7 Å². The molecule has 1 saturated carbocycles. The summed E-state index contributed by atoms with van der Waals surface area (Å²) in [6.07, 6.45) is 3.08. The number of hydrogen-bond donors (Lipinski definition) is 3. The summed E-state index contributed by atoms with van der Waals surface area (Å²) in [5.41, 5.74) is 2.26. The van der Waals surface area contributed by atoms with Crippen LogP contribution in [-0.4, -0.2) is 27.7 Å². The molecule has 1 aliphatic rings. The van der Waals surface area contributed by atoms with E-state index in [0.29, 0.717) is 53.5 Å². The van der Waals surface area contributed by atoms with Crippen LogP contribution >= 0.6 is 0 Å². The summed E-state index contributed by atoms with van der Waals surface area (Å²) in [7, 11) is 0. The third-order valence-electron chi connectivity index (χ3n) is 5.96. The van der Waals surface area contributed by atoms with E-state index in [0.717, 1.165) is 12.8 Å². The fourth-order valence-electron chi connectivity index (χ4n) is 4.16. The molecule has 3 aromatic rings. The molecule has 1 aromatic heterocycles. The highest BCUT2D eigenvalue weighted by atomic mass is 19.1. The number of carboxylic acid groups (broad SMARTS) is 1. The average Bonchev–Trinajstić information content (AvgIpc) is 2.78. The number of halogens is 1. The summed E-state index contributed by atoms with van der Waals surface area (Å²) < 4.78 is 14.5. The Balaban J connectivity index is 1.60. The number of anilines is 1. The van der Waals surface area contributed by atoms with Gasteiger partial charge in [0, 0.05) is 17.7 Å². The number of aromatic hydroxyl groups is 1. The van der Waals surface area contributed by atoms with Crippen LogP contribution < -0.4 is 5.32 Å². The van der Waals surface area contributed by atoms with Gasteiger partial charge >= 0.3 is 5.97 Å². The van der Waals surface area contributed by atoms with Gasteiger partial charge in [-0.1, -0.05) is 30.3 Å². The predicted molar refractivity (Wildman–Crippen MR) is 118 cm³/mol. The van der Waals surface area contributed by atoms with Gasteiger partial charge in [-0.05, 0) is 67.5 Å². The van der Waals surface area contributed by atoms with Crippen LogP contribution in [0.25, 0.3) is 22.4 Å². The molecule has 3 N–H and O–H groups in total. The lowest BCUT2D eigenvalue weighted by Gasteiger charge is -2.26. The number of aromatic nitrogens is 1. The normalized spacial score (nSPS) is 18.5. The SMILES string of the molecule is O=C(O)C1CCC(CNc2cc(-c3ccccc3F)cc(-c3ccccc3O)n2)CC1. The molecule has 1 aliphatic carbocycles. The fraction of sp³-hybridized carbons (Fsp3) is 0.280. The topological polar surface area (TPSA) is 82.5 Å². The molecule has 0 amide bonds. The number of phenols is 1. The predicted octanol–water partition coefficient (Wildman–Crippen LogP) is 5.56. The standard InChI is InChI=1S/C25H25FN2O3/c26-21-7-3-1-5-19(21)18-13-22(20-6-2-4-8-23(20)29)28-24(14-18)27-15-16-9-11-17(12-10-16)25(30)31/h1-8,13-14,16-17,29H,9-12,15H2,(H,27,28)(H,30,31). The van der Waals surface area contributed by atoms with Crippen LogP contribution in [-0.2, 0) is 4.79 Å². The molecule has 0 radical (unpaired) electrons. The van der Waals surface area contributed by atoms with Gasteiger partial charge in [0.1, 0.15) is 17.4 Å². The average molecular weight is 420 g/mol. The van der Waals surface area contributed by atoms with Gasteiger partial charge in [0.05, 0.1) is 11.6 Å². The smallest absolute Gasteiger partial charge is 0.306 e. The minimum atomic E-state index is -0.710. The van der Waals surface area contributed by atoms with Crippen LogP contribution in [0.15, 0.2) is 60.7 Å². The highest BCUT2D eigenvalue weighted by Crippen LogP contribution is 2.34. The van der Waals surface area contributed by atoms with E-state index in [4.69, 9.17) is 0 Å². The molecule has 0 bridgehead atoms. The Labute approximate surface area is 180 Å². The zero-order valence-electron chi connectivity index (χ0n) is 17.1. The Morgan fingerprint density at radius 2 is 1.68 bits per heavy atom. The molecule has 4 rings (SSSR count). The minimum Gasteiger partial charge on any atom is -0.507 e. The van der Waals surface area contributed by atoms with Crippen LogP contribution in [0.4, 0.5) is 10.2 Å². The molecule has 0 aliphatic heterocycles. The number of nitrogens with one attached hydrogen (secondary N) is 1. The van der Waals surface area contributed by atoms with Gasteiger partial charge in [0.2, 0.25) is 0 Å². The number of para-hydroxylation sites is 1. The van der Waals surface area contributed by atoms with E-state index in [1.807, 2.05) is 12.1 Å². The molecule has 1 fully saturated rings. The third-order valence-corrected chi connectivity index (χ3v) is 5.96. The van der Waals surface area contributed by atoms with Crippen molar-refractivity contribution in [2.75, 3.05) is 11.9 Å². The number of pyridine rings is 1. The Morgan fingerprint density at radius 1 is 1.00 bits per heavy atom. The minimum absolute atomic E-state index is 0.110. The lowest BCUT2D eigenvalue weighted by atomic mass is 9.82.